The van der Waals surface area contributed by atoms with Crippen LogP contribution < -0.4 is 16.2 Å². The van der Waals surface area contributed by atoms with Crippen molar-refractivity contribution in [2.24, 2.45) is 0 Å². The van der Waals surface area contributed by atoms with Crippen molar-refractivity contribution < 1.29 is 13.7 Å². The molecule has 2 aromatic heterocycles. The molecule has 154 valence electrons. The van der Waals surface area contributed by atoms with Crippen LogP contribution in [0.1, 0.15) is 18.2 Å². The molecular weight excluding hydrogens is 383 g/mol. The Hall–Kier alpha value is -3.87. The van der Waals surface area contributed by atoms with E-state index in [-0.39, 0.29) is 18.1 Å². The summed E-state index contributed by atoms with van der Waals surface area (Å²) < 4.78 is 25.5. The largest absolute Gasteiger partial charge is 0.489 e. The summed E-state index contributed by atoms with van der Waals surface area (Å²) in [6.45, 7) is 5.91. The first-order valence-electron chi connectivity index (χ1n) is 9.30. The predicted octanol–water partition coefficient (Wildman–Crippen LogP) is 4.70. The SMILES string of the molecule is C=C/C=C\C=C(/C)COc1ccc(Cc2cc(-c3ccc(N)nc3N)on2)c(F)c1. The van der Waals surface area contributed by atoms with Crippen molar-refractivity contribution in [3.63, 3.8) is 0 Å². The van der Waals surface area contributed by atoms with Gasteiger partial charge in [0.05, 0.1) is 11.3 Å². The van der Waals surface area contributed by atoms with Crippen molar-refractivity contribution in [1.29, 1.82) is 0 Å². The van der Waals surface area contributed by atoms with Gasteiger partial charge >= 0.3 is 0 Å². The lowest BCUT2D eigenvalue weighted by atomic mass is 10.1. The fourth-order valence-corrected chi connectivity index (χ4v) is 2.72. The third kappa shape index (κ3) is 5.35. The fraction of sp³-hybridized carbons (Fsp3) is 0.130. The highest BCUT2D eigenvalue weighted by atomic mass is 19.1. The fourth-order valence-electron chi connectivity index (χ4n) is 2.72. The van der Waals surface area contributed by atoms with E-state index >= 15 is 0 Å². The smallest absolute Gasteiger partial charge is 0.170 e. The van der Waals surface area contributed by atoms with E-state index in [0.717, 1.165) is 5.57 Å². The van der Waals surface area contributed by atoms with Gasteiger partial charge in [-0.2, -0.15) is 0 Å². The number of anilines is 2. The van der Waals surface area contributed by atoms with Crippen LogP contribution in [-0.4, -0.2) is 16.7 Å². The zero-order valence-corrected chi connectivity index (χ0v) is 16.6. The third-order valence-electron chi connectivity index (χ3n) is 4.26. The van der Waals surface area contributed by atoms with Crippen LogP contribution in [0.4, 0.5) is 16.0 Å². The molecule has 6 nitrogen and oxygen atoms in total. The summed E-state index contributed by atoms with van der Waals surface area (Å²) in [4.78, 5) is 4.00. The molecule has 0 aliphatic rings. The number of nitrogen functional groups attached to an aromatic ring is 2. The molecule has 0 radical (unpaired) electrons. The topological polar surface area (TPSA) is 100 Å². The van der Waals surface area contributed by atoms with Crippen LogP contribution in [0.5, 0.6) is 5.75 Å². The van der Waals surface area contributed by atoms with Crippen LogP contribution >= 0.6 is 0 Å². The molecule has 0 aliphatic carbocycles. The van der Waals surface area contributed by atoms with E-state index in [1.807, 2.05) is 25.2 Å². The van der Waals surface area contributed by atoms with Gasteiger partial charge in [0.25, 0.3) is 0 Å². The Morgan fingerprint density at radius 2 is 2.03 bits per heavy atom. The molecule has 0 spiro atoms. The predicted molar refractivity (Wildman–Crippen MR) is 116 cm³/mol. The van der Waals surface area contributed by atoms with E-state index in [9.17, 15) is 4.39 Å². The lowest BCUT2D eigenvalue weighted by Crippen LogP contribution is -2.00. The highest BCUT2D eigenvalue weighted by molar-refractivity contribution is 5.71. The van der Waals surface area contributed by atoms with E-state index in [1.165, 1.54) is 6.07 Å². The highest BCUT2D eigenvalue weighted by Crippen LogP contribution is 2.27. The summed E-state index contributed by atoms with van der Waals surface area (Å²) in [5, 5.41) is 4.00. The molecule has 0 amide bonds. The quantitative estimate of drug-likeness (QED) is 0.526. The number of nitrogens with two attached hydrogens (primary N) is 2. The third-order valence-corrected chi connectivity index (χ3v) is 4.26. The average Bonchev–Trinajstić information content (AvgIpc) is 3.16. The number of nitrogens with zero attached hydrogens (tertiary/aromatic N) is 2. The van der Waals surface area contributed by atoms with Gasteiger partial charge < -0.3 is 20.7 Å². The van der Waals surface area contributed by atoms with E-state index < -0.39 is 0 Å². The number of benzene rings is 1. The molecule has 30 heavy (non-hydrogen) atoms. The number of rotatable bonds is 8. The maximum Gasteiger partial charge on any atom is 0.170 e. The molecular formula is C23H23FN4O2. The van der Waals surface area contributed by atoms with Gasteiger partial charge in [-0.25, -0.2) is 9.37 Å². The number of ether oxygens (including phenoxy) is 1. The monoisotopic (exact) mass is 406 g/mol. The minimum Gasteiger partial charge on any atom is -0.489 e. The molecule has 3 aromatic rings. The van der Waals surface area contributed by atoms with Crippen molar-refractivity contribution >= 4 is 11.6 Å². The maximum atomic E-state index is 14.5. The van der Waals surface area contributed by atoms with Gasteiger partial charge in [0.15, 0.2) is 5.76 Å². The second-order valence-electron chi connectivity index (χ2n) is 6.70. The number of halogens is 1. The second kappa shape index (κ2) is 9.56. The van der Waals surface area contributed by atoms with Crippen LogP contribution in [0, 0.1) is 5.82 Å². The van der Waals surface area contributed by atoms with E-state index in [2.05, 4.69) is 16.7 Å². The molecule has 4 N–H and O–H groups in total. The molecule has 0 atom stereocenters. The van der Waals surface area contributed by atoms with Crippen LogP contribution in [0.15, 0.2) is 77.4 Å². The van der Waals surface area contributed by atoms with Crippen LogP contribution in [0.2, 0.25) is 0 Å². The first-order valence-corrected chi connectivity index (χ1v) is 9.30. The van der Waals surface area contributed by atoms with Gasteiger partial charge in [-0.15, -0.1) is 0 Å². The van der Waals surface area contributed by atoms with E-state index in [0.29, 0.717) is 40.8 Å². The van der Waals surface area contributed by atoms with Gasteiger partial charge in [-0.1, -0.05) is 42.1 Å². The zero-order valence-electron chi connectivity index (χ0n) is 16.6. The van der Waals surface area contributed by atoms with Gasteiger partial charge in [0.2, 0.25) is 0 Å². The molecule has 2 heterocycles. The zero-order chi connectivity index (χ0) is 21.5. The summed E-state index contributed by atoms with van der Waals surface area (Å²) in [7, 11) is 0. The minimum absolute atomic E-state index is 0.245. The van der Waals surface area contributed by atoms with Gasteiger partial charge in [-0.05, 0) is 36.3 Å². The first-order chi connectivity index (χ1) is 14.5. The molecule has 0 unspecified atom stereocenters. The Bertz CT molecular complexity index is 1100. The molecule has 0 saturated heterocycles. The first kappa shape index (κ1) is 20.9. The lowest BCUT2D eigenvalue weighted by Gasteiger charge is -2.08. The summed E-state index contributed by atoms with van der Waals surface area (Å²) in [5.74, 6) is 1.09. The average molecular weight is 406 g/mol. The molecule has 0 aliphatic heterocycles. The summed E-state index contributed by atoms with van der Waals surface area (Å²) in [6.07, 6.45) is 7.57. The minimum atomic E-state index is -0.376. The van der Waals surface area contributed by atoms with Crippen LogP contribution in [0.25, 0.3) is 11.3 Å². The second-order valence-corrected chi connectivity index (χ2v) is 6.70. The Labute approximate surface area is 174 Å². The van der Waals surface area contributed by atoms with Crippen molar-refractivity contribution in [3.8, 4) is 17.1 Å². The Balaban J connectivity index is 1.66. The summed E-state index contributed by atoms with van der Waals surface area (Å²) >= 11 is 0. The lowest BCUT2D eigenvalue weighted by molar-refractivity contribution is 0.349. The number of hydrogen-bond acceptors (Lipinski definition) is 6. The maximum absolute atomic E-state index is 14.5. The van der Waals surface area contributed by atoms with E-state index in [4.69, 9.17) is 20.7 Å². The molecule has 7 heteroatoms. The van der Waals surface area contributed by atoms with Crippen LogP contribution in [0.3, 0.4) is 0 Å². The Kier molecular flexibility index (Phi) is 6.64. The molecule has 0 fully saturated rings. The van der Waals surface area contributed by atoms with Gasteiger partial charge in [-0.3, -0.25) is 0 Å². The van der Waals surface area contributed by atoms with Gasteiger partial charge in [0.1, 0.15) is 29.8 Å². The van der Waals surface area contributed by atoms with E-state index in [1.54, 1.807) is 36.4 Å². The summed E-state index contributed by atoms with van der Waals surface area (Å²) in [6, 6.07) is 9.81. The molecule has 0 saturated carbocycles. The number of pyridine rings is 1. The van der Waals surface area contributed by atoms with Crippen molar-refractivity contribution in [3.05, 3.63) is 89.9 Å². The van der Waals surface area contributed by atoms with Crippen molar-refractivity contribution in [2.45, 2.75) is 13.3 Å². The summed E-state index contributed by atoms with van der Waals surface area (Å²) in [5.41, 5.74) is 14.1. The van der Waals surface area contributed by atoms with Crippen molar-refractivity contribution in [2.75, 3.05) is 18.1 Å². The normalized spacial score (nSPS) is 11.7. The number of allylic oxidation sites excluding steroid dienone is 4. The number of hydrogen-bond donors (Lipinski definition) is 2. The Morgan fingerprint density at radius 3 is 2.77 bits per heavy atom. The molecule has 3 rings (SSSR count). The molecule has 1 aromatic carbocycles. The number of aromatic nitrogens is 2. The van der Waals surface area contributed by atoms with Crippen LogP contribution in [-0.2, 0) is 6.42 Å². The highest BCUT2D eigenvalue weighted by Gasteiger charge is 2.13. The van der Waals surface area contributed by atoms with Crippen molar-refractivity contribution in [1.82, 2.24) is 10.1 Å². The molecule has 0 bridgehead atoms. The van der Waals surface area contributed by atoms with Gasteiger partial charge in [0, 0.05) is 18.6 Å². The standard InChI is InChI=1S/C23H23FN4O2/c1-3-4-5-6-15(2)14-29-18-8-7-16(20(24)13-18)11-17-12-21(30-28-17)19-9-10-22(25)27-23(19)26/h3-10,12-13H,1,11,14H2,2H3,(H4,25,26,27)/b5-4-,15-6+. The Morgan fingerprint density at radius 1 is 1.20 bits per heavy atom.